The van der Waals surface area contributed by atoms with Gasteiger partial charge in [0.15, 0.2) is 5.84 Å². The number of nitrogens with zero attached hydrogens (tertiary/aromatic N) is 3. The highest BCUT2D eigenvalue weighted by molar-refractivity contribution is 8.15. The molecule has 0 saturated heterocycles. The van der Waals surface area contributed by atoms with Crippen molar-refractivity contribution in [2.45, 2.75) is 31.4 Å². The van der Waals surface area contributed by atoms with Crippen molar-refractivity contribution >= 4 is 34.2 Å². The second kappa shape index (κ2) is 8.02. The summed E-state index contributed by atoms with van der Waals surface area (Å²) in [7, 11) is 1.62. The molecule has 2 heterocycles. The normalized spacial score (nSPS) is 18.4. The third-order valence-corrected chi connectivity index (χ3v) is 6.33. The molecule has 0 atom stereocenters. The van der Waals surface area contributed by atoms with E-state index in [1.165, 1.54) is 11.8 Å². The van der Waals surface area contributed by atoms with Crippen molar-refractivity contribution in [3.05, 3.63) is 59.2 Å². The Morgan fingerprint density at radius 2 is 2.03 bits per heavy atom. The molecule has 0 spiro atoms. The molecule has 0 fully saturated rings. The van der Waals surface area contributed by atoms with Gasteiger partial charge in [0.1, 0.15) is 5.75 Å². The van der Waals surface area contributed by atoms with Gasteiger partial charge in [-0.15, -0.1) is 0 Å². The first kappa shape index (κ1) is 20.3. The number of hydrazone groups is 1. The lowest BCUT2D eigenvalue weighted by atomic mass is 9.93. The van der Waals surface area contributed by atoms with Crippen LogP contribution in [0.3, 0.4) is 0 Å². The zero-order valence-corrected chi connectivity index (χ0v) is 18.0. The lowest BCUT2D eigenvalue weighted by Gasteiger charge is -2.33. The summed E-state index contributed by atoms with van der Waals surface area (Å²) < 4.78 is 4.81. The number of benzene rings is 2. The number of anilines is 1. The van der Waals surface area contributed by atoms with Gasteiger partial charge in [0.2, 0.25) is 0 Å². The van der Waals surface area contributed by atoms with E-state index < -0.39 is 4.75 Å². The van der Waals surface area contributed by atoms with Crippen LogP contribution in [-0.2, 0) is 6.42 Å². The number of methoxy groups -OCH3 is 1. The highest BCUT2D eigenvalue weighted by Gasteiger charge is 2.34. The number of oxime groups is 1. The number of ether oxygens (including phenoxy) is 1. The summed E-state index contributed by atoms with van der Waals surface area (Å²) in [4.78, 5) is 13.7. The molecule has 2 aliphatic rings. The highest BCUT2D eigenvalue weighted by atomic mass is 32.2. The third kappa shape index (κ3) is 3.75. The molecule has 2 aromatic rings. The van der Waals surface area contributed by atoms with E-state index in [-0.39, 0.29) is 5.24 Å². The third-order valence-electron chi connectivity index (χ3n) is 5.35. The zero-order valence-electron chi connectivity index (χ0n) is 17.2. The first-order chi connectivity index (χ1) is 14.4. The fraction of sp³-hybridized carbons (Fsp3) is 0.318. The van der Waals surface area contributed by atoms with E-state index in [9.17, 15) is 10.0 Å². The largest absolute Gasteiger partial charge is 0.497 e. The van der Waals surface area contributed by atoms with Gasteiger partial charge in [-0.1, -0.05) is 23.0 Å². The van der Waals surface area contributed by atoms with E-state index >= 15 is 0 Å². The van der Waals surface area contributed by atoms with Crippen molar-refractivity contribution in [3.8, 4) is 5.75 Å². The first-order valence-electron chi connectivity index (χ1n) is 9.77. The number of carbonyl (C=O) groups excluding carboxylic acids is 1. The predicted octanol–water partition coefficient (Wildman–Crippen LogP) is 4.22. The van der Waals surface area contributed by atoms with E-state index in [1.807, 2.05) is 55.1 Å². The smallest absolute Gasteiger partial charge is 0.300 e. The molecule has 0 aliphatic carbocycles. The first-order valence-corrected chi connectivity index (χ1v) is 10.6. The van der Waals surface area contributed by atoms with E-state index in [4.69, 9.17) is 4.74 Å². The Bertz CT molecular complexity index is 1030. The number of amides is 1. The van der Waals surface area contributed by atoms with Crippen LogP contribution in [0, 0.1) is 0 Å². The fourth-order valence-corrected chi connectivity index (χ4v) is 4.74. The fourth-order valence-electron chi connectivity index (χ4n) is 3.92. The summed E-state index contributed by atoms with van der Waals surface area (Å²) in [5.41, 5.74) is 7.39. The van der Waals surface area contributed by atoms with Gasteiger partial charge in [-0.2, -0.15) is 5.10 Å². The van der Waals surface area contributed by atoms with Crippen molar-refractivity contribution < 1.29 is 14.7 Å². The van der Waals surface area contributed by atoms with Crippen molar-refractivity contribution in [3.63, 3.8) is 0 Å². The Morgan fingerprint density at radius 3 is 2.70 bits per heavy atom. The molecule has 2 N–H and O–H groups in total. The second-order valence-electron chi connectivity index (χ2n) is 7.72. The van der Waals surface area contributed by atoms with Crippen LogP contribution in [0.25, 0.3) is 0 Å². The summed E-state index contributed by atoms with van der Waals surface area (Å²) in [5.74, 6) is 1.25. The average Bonchev–Trinajstić information content (AvgIpc) is 2.74. The average molecular weight is 425 g/mol. The van der Waals surface area contributed by atoms with Gasteiger partial charge >= 0.3 is 0 Å². The van der Waals surface area contributed by atoms with Gasteiger partial charge < -0.3 is 14.8 Å². The highest BCUT2D eigenvalue weighted by Crippen LogP contribution is 2.35. The number of thioether (sulfide) groups is 1. The predicted molar refractivity (Wildman–Crippen MR) is 120 cm³/mol. The minimum atomic E-state index is -0.411. The van der Waals surface area contributed by atoms with Gasteiger partial charge in [-0.3, -0.25) is 4.79 Å². The van der Waals surface area contributed by atoms with Crippen LogP contribution in [0.4, 0.5) is 10.5 Å². The summed E-state index contributed by atoms with van der Waals surface area (Å²) in [5, 5.41) is 17.6. The topological polar surface area (TPSA) is 86.5 Å². The Balaban J connectivity index is 1.69. The number of rotatable bonds is 3. The van der Waals surface area contributed by atoms with Crippen LogP contribution in [0.5, 0.6) is 5.75 Å². The Labute approximate surface area is 179 Å². The SMILES string of the molecule is COc1ccc(C(=NO)N2CCCc3cc(C4=NNC(=O)SC4(C)C)ccc32)cc1. The van der Waals surface area contributed by atoms with Gasteiger partial charge in [-0.25, -0.2) is 5.43 Å². The van der Waals surface area contributed by atoms with Crippen LogP contribution in [0.15, 0.2) is 52.7 Å². The van der Waals surface area contributed by atoms with Crippen molar-refractivity contribution in [2.75, 3.05) is 18.6 Å². The molecule has 7 nitrogen and oxygen atoms in total. The monoisotopic (exact) mass is 424 g/mol. The van der Waals surface area contributed by atoms with Crippen LogP contribution in [0.1, 0.15) is 37.0 Å². The lowest BCUT2D eigenvalue weighted by molar-refractivity contribution is 0.260. The maximum absolute atomic E-state index is 11.7. The molecule has 0 aromatic heterocycles. The lowest BCUT2D eigenvalue weighted by Crippen LogP contribution is -2.39. The molecule has 2 aliphatic heterocycles. The summed E-state index contributed by atoms with van der Waals surface area (Å²) in [6.07, 6.45) is 1.86. The standard InChI is InChI=1S/C22H24N4O3S/c1-22(2)19(23-24-21(27)30-22)16-8-11-18-15(13-16)5-4-12-26(18)20(25-28)14-6-9-17(29-3)10-7-14/h6-11,13,28H,4-5,12H2,1-3H3,(H,24,27). The van der Waals surface area contributed by atoms with E-state index in [2.05, 4.69) is 21.7 Å². The van der Waals surface area contributed by atoms with Crippen molar-refractivity contribution in [1.82, 2.24) is 5.43 Å². The minimum Gasteiger partial charge on any atom is -0.497 e. The van der Waals surface area contributed by atoms with E-state index in [1.54, 1.807) is 7.11 Å². The Kier molecular flexibility index (Phi) is 5.42. The zero-order chi connectivity index (χ0) is 21.3. The molecule has 156 valence electrons. The molecule has 0 bridgehead atoms. The molecule has 30 heavy (non-hydrogen) atoms. The molecule has 0 saturated carbocycles. The number of fused-ring (bicyclic) bond motifs is 1. The summed E-state index contributed by atoms with van der Waals surface area (Å²) >= 11 is 1.24. The number of aryl methyl sites for hydroxylation is 1. The molecule has 2 aromatic carbocycles. The van der Waals surface area contributed by atoms with Crippen LogP contribution < -0.4 is 15.1 Å². The van der Waals surface area contributed by atoms with Crippen LogP contribution >= 0.6 is 11.8 Å². The molecular formula is C22H24N4O3S. The summed E-state index contributed by atoms with van der Waals surface area (Å²) in [6.45, 7) is 4.76. The molecule has 1 amide bonds. The Hall–Kier alpha value is -3.00. The van der Waals surface area contributed by atoms with Gasteiger partial charge in [-0.05, 0) is 74.2 Å². The summed E-state index contributed by atoms with van der Waals surface area (Å²) in [6, 6.07) is 13.7. The van der Waals surface area contributed by atoms with Gasteiger partial charge in [0.05, 0.1) is 17.6 Å². The molecular weight excluding hydrogens is 400 g/mol. The molecule has 4 rings (SSSR count). The molecule has 8 heteroatoms. The van der Waals surface area contributed by atoms with Crippen molar-refractivity contribution in [2.24, 2.45) is 10.3 Å². The van der Waals surface area contributed by atoms with Crippen molar-refractivity contribution in [1.29, 1.82) is 0 Å². The maximum atomic E-state index is 11.7. The number of hydrogen-bond acceptors (Lipinski definition) is 6. The van der Waals surface area contributed by atoms with E-state index in [0.717, 1.165) is 53.2 Å². The number of nitrogens with one attached hydrogen (secondary N) is 1. The molecule has 0 unspecified atom stereocenters. The maximum Gasteiger partial charge on any atom is 0.300 e. The number of carbonyl (C=O) groups is 1. The molecule has 0 radical (unpaired) electrons. The quantitative estimate of drug-likeness (QED) is 0.333. The minimum absolute atomic E-state index is 0.142. The number of amidine groups is 1. The van der Waals surface area contributed by atoms with Crippen LogP contribution in [-0.4, -0.2) is 40.4 Å². The van der Waals surface area contributed by atoms with Gasteiger partial charge in [0, 0.05) is 17.8 Å². The van der Waals surface area contributed by atoms with E-state index in [0.29, 0.717) is 5.84 Å². The number of hydrogen-bond donors (Lipinski definition) is 2. The van der Waals surface area contributed by atoms with Crippen LogP contribution in [0.2, 0.25) is 0 Å². The second-order valence-corrected chi connectivity index (χ2v) is 9.32. The van der Waals surface area contributed by atoms with Gasteiger partial charge in [0.25, 0.3) is 5.24 Å². The Morgan fingerprint density at radius 1 is 1.27 bits per heavy atom.